The Hall–Kier alpha value is -3.01. The van der Waals surface area contributed by atoms with Gasteiger partial charge in [0.1, 0.15) is 11.5 Å². The highest BCUT2D eigenvalue weighted by Crippen LogP contribution is 2.36. The molecule has 0 aliphatic heterocycles. The highest BCUT2D eigenvalue weighted by Gasteiger charge is 2.31. The van der Waals surface area contributed by atoms with E-state index in [0.29, 0.717) is 0 Å². The van der Waals surface area contributed by atoms with Gasteiger partial charge in [-0.2, -0.15) is 0 Å². The number of carbonyl (C=O) groups excluding carboxylic acids is 1. The SMILES string of the molecule is CC(C)(C)OC(=O)C(c1c[nH]c2ccccc12)c1c[nH]c2ccccc12. The van der Waals surface area contributed by atoms with Crippen LogP contribution in [0.4, 0.5) is 0 Å². The Bertz CT molecular complexity index is 1010. The molecule has 0 aliphatic carbocycles. The molecule has 0 saturated carbocycles. The average Bonchev–Trinajstić information content (AvgIpc) is 3.19. The van der Waals surface area contributed by atoms with E-state index in [1.165, 1.54) is 0 Å². The highest BCUT2D eigenvalue weighted by molar-refractivity contribution is 5.96. The van der Waals surface area contributed by atoms with E-state index >= 15 is 0 Å². The minimum Gasteiger partial charge on any atom is -0.459 e. The third-order valence-corrected chi connectivity index (χ3v) is 4.51. The highest BCUT2D eigenvalue weighted by atomic mass is 16.6. The molecule has 0 atom stereocenters. The average molecular weight is 346 g/mol. The molecule has 2 aromatic heterocycles. The van der Waals surface area contributed by atoms with E-state index in [4.69, 9.17) is 4.74 Å². The van der Waals surface area contributed by atoms with E-state index < -0.39 is 11.5 Å². The largest absolute Gasteiger partial charge is 0.459 e. The molecule has 2 heterocycles. The van der Waals surface area contributed by atoms with Crippen molar-refractivity contribution in [3.63, 3.8) is 0 Å². The molecule has 2 aromatic carbocycles. The normalized spacial score (nSPS) is 12.2. The van der Waals surface area contributed by atoms with Crippen molar-refractivity contribution in [1.29, 1.82) is 0 Å². The molecule has 0 unspecified atom stereocenters. The molecule has 0 aliphatic rings. The summed E-state index contributed by atoms with van der Waals surface area (Å²) in [5, 5.41) is 2.07. The smallest absolute Gasteiger partial charge is 0.318 e. The van der Waals surface area contributed by atoms with Gasteiger partial charge in [0.25, 0.3) is 0 Å². The molecular formula is C22H22N2O2. The standard InChI is InChI=1S/C22H22N2O2/c1-22(2,3)26-21(25)20(16-12-23-18-10-6-4-8-14(16)18)17-13-24-19-11-7-5-9-15(17)19/h4-13,20,23-24H,1-3H3. The van der Waals surface area contributed by atoms with Crippen LogP contribution in [0.5, 0.6) is 0 Å². The molecule has 4 rings (SSSR count). The minimum absolute atomic E-state index is 0.244. The summed E-state index contributed by atoms with van der Waals surface area (Å²) in [6, 6.07) is 16.0. The van der Waals surface area contributed by atoms with Gasteiger partial charge in [-0.25, -0.2) is 0 Å². The molecule has 0 saturated heterocycles. The first-order chi connectivity index (χ1) is 12.4. The summed E-state index contributed by atoms with van der Waals surface area (Å²) in [4.78, 5) is 19.7. The summed E-state index contributed by atoms with van der Waals surface area (Å²) in [6.07, 6.45) is 3.84. The van der Waals surface area contributed by atoms with Gasteiger partial charge in [0.2, 0.25) is 0 Å². The lowest BCUT2D eigenvalue weighted by atomic mass is 9.90. The molecule has 26 heavy (non-hydrogen) atoms. The zero-order valence-corrected chi connectivity index (χ0v) is 15.2. The summed E-state index contributed by atoms with van der Waals surface area (Å²) in [5.41, 5.74) is 3.33. The number of hydrogen-bond acceptors (Lipinski definition) is 2. The van der Waals surface area contributed by atoms with Gasteiger partial charge in [-0.15, -0.1) is 0 Å². The summed E-state index contributed by atoms with van der Waals surface area (Å²) in [5.74, 6) is -0.742. The van der Waals surface area contributed by atoms with Gasteiger partial charge in [0.15, 0.2) is 0 Å². The minimum atomic E-state index is -0.548. The van der Waals surface area contributed by atoms with Gasteiger partial charge in [-0.3, -0.25) is 4.79 Å². The molecular weight excluding hydrogens is 324 g/mol. The van der Waals surface area contributed by atoms with Crippen molar-refractivity contribution in [2.45, 2.75) is 32.3 Å². The molecule has 132 valence electrons. The Balaban J connectivity index is 1.91. The fourth-order valence-electron chi connectivity index (χ4n) is 3.45. The Morgan fingerprint density at radius 2 is 1.31 bits per heavy atom. The van der Waals surface area contributed by atoms with Crippen LogP contribution >= 0.6 is 0 Å². The van der Waals surface area contributed by atoms with Gasteiger partial charge in [0.05, 0.1) is 0 Å². The van der Waals surface area contributed by atoms with Crippen LogP contribution in [0.25, 0.3) is 21.8 Å². The zero-order valence-electron chi connectivity index (χ0n) is 15.2. The molecule has 4 aromatic rings. The first-order valence-corrected chi connectivity index (χ1v) is 8.79. The number of para-hydroxylation sites is 2. The van der Waals surface area contributed by atoms with E-state index in [9.17, 15) is 4.79 Å². The van der Waals surface area contributed by atoms with Gasteiger partial charge < -0.3 is 14.7 Å². The van der Waals surface area contributed by atoms with Crippen LogP contribution in [0, 0.1) is 0 Å². The second kappa shape index (κ2) is 6.06. The van der Waals surface area contributed by atoms with Crippen molar-refractivity contribution < 1.29 is 9.53 Å². The monoisotopic (exact) mass is 346 g/mol. The van der Waals surface area contributed by atoms with Crippen LogP contribution in [-0.2, 0) is 9.53 Å². The number of fused-ring (bicyclic) bond motifs is 2. The Labute approximate surface area is 152 Å². The number of benzene rings is 2. The maximum Gasteiger partial charge on any atom is 0.318 e. The fraction of sp³-hybridized carbons (Fsp3) is 0.227. The lowest BCUT2D eigenvalue weighted by molar-refractivity contribution is -0.155. The van der Waals surface area contributed by atoms with Gasteiger partial charge >= 0.3 is 5.97 Å². The van der Waals surface area contributed by atoms with Gasteiger partial charge in [0, 0.05) is 34.2 Å². The van der Waals surface area contributed by atoms with Crippen molar-refractivity contribution >= 4 is 27.8 Å². The second-order valence-electron chi connectivity index (χ2n) is 7.55. The first-order valence-electron chi connectivity index (χ1n) is 8.79. The Kier molecular flexibility index (Phi) is 3.83. The lowest BCUT2D eigenvalue weighted by Gasteiger charge is -2.24. The molecule has 4 nitrogen and oxygen atoms in total. The number of ether oxygens (including phenoxy) is 1. The number of nitrogens with one attached hydrogen (secondary N) is 2. The number of esters is 1. The quantitative estimate of drug-likeness (QED) is 0.506. The predicted octanol–water partition coefficient (Wildman–Crippen LogP) is 5.12. The third kappa shape index (κ3) is 2.88. The number of carbonyl (C=O) groups is 1. The summed E-state index contributed by atoms with van der Waals surface area (Å²) >= 11 is 0. The topological polar surface area (TPSA) is 57.9 Å². The van der Waals surface area contributed by atoms with Crippen LogP contribution in [-0.4, -0.2) is 21.5 Å². The number of hydrogen-bond donors (Lipinski definition) is 2. The molecule has 0 spiro atoms. The summed E-state index contributed by atoms with van der Waals surface area (Å²) in [6.45, 7) is 5.69. The number of rotatable bonds is 3. The molecule has 0 radical (unpaired) electrons. The molecule has 0 fully saturated rings. The van der Waals surface area contributed by atoms with E-state index in [-0.39, 0.29) is 5.97 Å². The van der Waals surface area contributed by atoms with Crippen LogP contribution < -0.4 is 0 Å². The molecule has 0 bridgehead atoms. The number of H-pyrrole nitrogens is 2. The van der Waals surface area contributed by atoms with Crippen LogP contribution in [0.2, 0.25) is 0 Å². The maximum atomic E-state index is 13.2. The molecule has 2 N–H and O–H groups in total. The lowest BCUT2D eigenvalue weighted by Crippen LogP contribution is -2.28. The van der Waals surface area contributed by atoms with Crippen molar-refractivity contribution in [3.8, 4) is 0 Å². The van der Waals surface area contributed by atoms with Gasteiger partial charge in [-0.1, -0.05) is 36.4 Å². The van der Waals surface area contributed by atoms with Gasteiger partial charge in [-0.05, 0) is 44.0 Å². The van der Waals surface area contributed by atoms with Crippen molar-refractivity contribution in [1.82, 2.24) is 9.97 Å². The van der Waals surface area contributed by atoms with Crippen LogP contribution in [0.15, 0.2) is 60.9 Å². The van der Waals surface area contributed by atoms with Crippen LogP contribution in [0.3, 0.4) is 0 Å². The van der Waals surface area contributed by atoms with Crippen molar-refractivity contribution in [3.05, 3.63) is 72.1 Å². The molecule has 4 heteroatoms. The fourth-order valence-corrected chi connectivity index (χ4v) is 3.45. The van der Waals surface area contributed by atoms with Crippen LogP contribution in [0.1, 0.15) is 37.8 Å². The Morgan fingerprint density at radius 3 is 1.77 bits per heavy atom. The van der Waals surface area contributed by atoms with E-state index in [1.807, 2.05) is 81.7 Å². The van der Waals surface area contributed by atoms with E-state index in [1.54, 1.807) is 0 Å². The second-order valence-corrected chi connectivity index (χ2v) is 7.55. The maximum absolute atomic E-state index is 13.2. The number of aromatic amines is 2. The van der Waals surface area contributed by atoms with E-state index in [2.05, 4.69) is 9.97 Å². The van der Waals surface area contributed by atoms with E-state index in [0.717, 1.165) is 32.9 Å². The van der Waals surface area contributed by atoms with Crippen molar-refractivity contribution in [2.75, 3.05) is 0 Å². The summed E-state index contributed by atoms with van der Waals surface area (Å²) in [7, 11) is 0. The number of aromatic nitrogens is 2. The van der Waals surface area contributed by atoms with Crippen molar-refractivity contribution in [2.24, 2.45) is 0 Å². The zero-order chi connectivity index (χ0) is 18.3. The molecule has 0 amide bonds. The third-order valence-electron chi connectivity index (χ3n) is 4.51. The summed E-state index contributed by atoms with van der Waals surface area (Å²) < 4.78 is 5.78. The Morgan fingerprint density at radius 1 is 0.846 bits per heavy atom. The first kappa shape index (κ1) is 16.5. The predicted molar refractivity (Wildman–Crippen MR) is 104 cm³/mol.